The molecule has 0 aliphatic carbocycles. The Labute approximate surface area is 83.4 Å². The van der Waals surface area contributed by atoms with E-state index >= 15 is 0 Å². The van der Waals surface area contributed by atoms with Gasteiger partial charge in [-0.15, -0.1) is 0 Å². The molecule has 0 unspecified atom stereocenters. The molecule has 0 aromatic heterocycles. The lowest BCUT2D eigenvalue weighted by Crippen LogP contribution is -2.16. The van der Waals surface area contributed by atoms with E-state index in [-0.39, 0.29) is 0 Å². The first kappa shape index (κ1) is 10.3. The van der Waals surface area contributed by atoms with Crippen LogP contribution in [0.5, 0.6) is 0 Å². The van der Waals surface area contributed by atoms with Crippen molar-refractivity contribution in [2.45, 2.75) is 6.92 Å². The van der Waals surface area contributed by atoms with Crippen LogP contribution in [0, 0.1) is 0 Å². The summed E-state index contributed by atoms with van der Waals surface area (Å²) in [6, 6.07) is 9.80. The molecule has 3 nitrogen and oxygen atoms in total. The third kappa shape index (κ3) is 2.94. The van der Waals surface area contributed by atoms with E-state index in [0.717, 1.165) is 11.1 Å². The predicted molar refractivity (Wildman–Crippen MR) is 55.6 cm³/mol. The van der Waals surface area contributed by atoms with Crippen molar-refractivity contribution in [1.29, 1.82) is 0 Å². The number of hydrogen-bond acceptors (Lipinski definition) is 2. The molecule has 1 rings (SSSR count). The van der Waals surface area contributed by atoms with E-state index in [1.54, 1.807) is 6.20 Å². The van der Waals surface area contributed by atoms with E-state index in [1.165, 1.54) is 7.11 Å². The van der Waals surface area contributed by atoms with E-state index in [4.69, 9.17) is 0 Å². The van der Waals surface area contributed by atoms with Crippen LogP contribution in [0.1, 0.15) is 12.5 Å². The highest BCUT2D eigenvalue weighted by Crippen LogP contribution is 2.10. The average molecular weight is 191 g/mol. The SMILES string of the molecule is COC(=O)NC=C(C)c1ccccc1. The second-order valence-electron chi connectivity index (χ2n) is 2.83. The van der Waals surface area contributed by atoms with Crippen molar-refractivity contribution in [1.82, 2.24) is 5.32 Å². The Kier molecular flexibility index (Phi) is 3.73. The quantitative estimate of drug-likeness (QED) is 0.779. The second-order valence-corrected chi connectivity index (χ2v) is 2.83. The number of amides is 1. The normalized spacial score (nSPS) is 10.9. The third-order valence-corrected chi connectivity index (χ3v) is 1.82. The molecule has 0 fully saturated rings. The first-order valence-corrected chi connectivity index (χ1v) is 4.30. The van der Waals surface area contributed by atoms with Gasteiger partial charge in [0, 0.05) is 6.20 Å². The summed E-state index contributed by atoms with van der Waals surface area (Å²) in [5, 5.41) is 2.51. The second kappa shape index (κ2) is 5.07. The van der Waals surface area contributed by atoms with E-state index in [2.05, 4.69) is 10.1 Å². The van der Waals surface area contributed by atoms with Crippen molar-refractivity contribution < 1.29 is 9.53 Å². The molecule has 1 N–H and O–H groups in total. The summed E-state index contributed by atoms with van der Waals surface area (Å²) in [4.78, 5) is 10.8. The standard InChI is InChI=1S/C11H13NO2/c1-9(8-12-11(13)14-2)10-6-4-3-5-7-10/h3-8H,1-2H3,(H,12,13). The molecule has 0 saturated carbocycles. The van der Waals surface area contributed by atoms with Crippen LogP contribution >= 0.6 is 0 Å². The molecule has 0 atom stereocenters. The number of benzene rings is 1. The minimum atomic E-state index is -0.458. The first-order valence-electron chi connectivity index (χ1n) is 4.30. The van der Waals surface area contributed by atoms with Crippen LogP contribution < -0.4 is 5.32 Å². The Morgan fingerprint density at radius 3 is 2.57 bits per heavy atom. The molecule has 1 amide bonds. The molecular weight excluding hydrogens is 178 g/mol. The molecule has 0 heterocycles. The van der Waals surface area contributed by atoms with Gasteiger partial charge in [-0.25, -0.2) is 4.79 Å². The van der Waals surface area contributed by atoms with Gasteiger partial charge in [0.15, 0.2) is 0 Å². The van der Waals surface area contributed by atoms with Crippen LogP contribution in [0.4, 0.5) is 4.79 Å². The van der Waals surface area contributed by atoms with Crippen molar-refractivity contribution >= 4 is 11.7 Å². The molecule has 0 spiro atoms. The average Bonchev–Trinajstić information content (AvgIpc) is 2.26. The number of carbonyl (C=O) groups is 1. The Hall–Kier alpha value is -1.77. The van der Waals surface area contributed by atoms with Crippen LogP contribution in [0.25, 0.3) is 5.57 Å². The number of nitrogens with one attached hydrogen (secondary N) is 1. The predicted octanol–water partition coefficient (Wildman–Crippen LogP) is 2.40. The first-order chi connectivity index (χ1) is 6.74. The van der Waals surface area contributed by atoms with Crippen LogP contribution in [-0.2, 0) is 4.74 Å². The fraction of sp³-hybridized carbons (Fsp3) is 0.182. The van der Waals surface area contributed by atoms with Gasteiger partial charge in [0.1, 0.15) is 0 Å². The summed E-state index contributed by atoms with van der Waals surface area (Å²) in [5.74, 6) is 0. The molecule has 0 aliphatic rings. The number of hydrogen-bond donors (Lipinski definition) is 1. The summed E-state index contributed by atoms with van der Waals surface area (Å²) in [6.07, 6.45) is 1.17. The molecule has 14 heavy (non-hydrogen) atoms. The molecule has 0 saturated heterocycles. The lowest BCUT2D eigenvalue weighted by atomic mass is 10.1. The number of ether oxygens (including phenoxy) is 1. The van der Waals surface area contributed by atoms with E-state index in [0.29, 0.717) is 0 Å². The zero-order valence-electron chi connectivity index (χ0n) is 8.28. The highest BCUT2D eigenvalue weighted by Gasteiger charge is 1.96. The van der Waals surface area contributed by atoms with Gasteiger partial charge in [0.05, 0.1) is 7.11 Å². The lowest BCUT2D eigenvalue weighted by Gasteiger charge is -2.01. The highest BCUT2D eigenvalue weighted by atomic mass is 16.5. The van der Waals surface area contributed by atoms with Gasteiger partial charge in [-0.05, 0) is 18.1 Å². The largest absolute Gasteiger partial charge is 0.453 e. The molecular formula is C11H13NO2. The van der Waals surface area contributed by atoms with Crippen LogP contribution in [0.15, 0.2) is 36.5 Å². The number of methoxy groups -OCH3 is 1. The maximum atomic E-state index is 10.8. The smallest absolute Gasteiger partial charge is 0.410 e. The summed E-state index contributed by atoms with van der Waals surface area (Å²) >= 11 is 0. The van der Waals surface area contributed by atoms with Crippen molar-refractivity contribution in [2.24, 2.45) is 0 Å². The molecule has 0 bridgehead atoms. The van der Waals surface area contributed by atoms with Gasteiger partial charge in [0.2, 0.25) is 0 Å². The van der Waals surface area contributed by atoms with Crippen molar-refractivity contribution in [3.63, 3.8) is 0 Å². The van der Waals surface area contributed by atoms with Crippen molar-refractivity contribution in [2.75, 3.05) is 7.11 Å². The zero-order chi connectivity index (χ0) is 10.4. The summed E-state index contributed by atoms with van der Waals surface area (Å²) < 4.78 is 4.44. The Balaban J connectivity index is 2.66. The number of carbonyl (C=O) groups excluding carboxylic acids is 1. The third-order valence-electron chi connectivity index (χ3n) is 1.82. The van der Waals surface area contributed by atoms with Crippen LogP contribution in [0.2, 0.25) is 0 Å². The number of allylic oxidation sites excluding steroid dienone is 1. The molecule has 1 aromatic carbocycles. The Morgan fingerprint density at radius 1 is 1.36 bits per heavy atom. The Bertz CT molecular complexity index is 330. The maximum absolute atomic E-state index is 10.8. The van der Waals surface area contributed by atoms with Crippen molar-refractivity contribution in [3.8, 4) is 0 Å². The number of alkyl carbamates (subject to hydrolysis) is 1. The topological polar surface area (TPSA) is 38.3 Å². The fourth-order valence-electron chi connectivity index (χ4n) is 1.01. The summed E-state index contributed by atoms with van der Waals surface area (Å²) in [7, 11) is 1.33. The molecule has 1 aromatic rings. The highest BCUT2D eigenvalue weighted by molar-refractivity contribution is 5.72. The van der Waals surface area contributed by atoms with E-state index in [9.17, 15) is 4.79 Å². The minimum absolute atomic E-state index is 0.458. The lowest BCUT2D eigenvalue weighted by molar-refractivity contribution is 0.175. The van der Waals surface area contributed by atoms with Gasteiger partial charge < -0.3 is 4.74 Å². The molecule has 3 heteroatoms. The molecule has 0 radical (unpaired) electrons. The monoisotopic (exact) mass is 191 g/mol. The zero-order valence-corrected chi connectivity index (χ0v) is 8.28. The van der Waals surface area contributed by atoms with E-state index < -0.39 is 6.09 Å². The fourth-order valence-corrected chi connectivity index (χ4v) is 1.01. The molecule has 74 valence electrons. The van der Waals surface area contributed by atoms with Gasteiger partial charge in [-0.2, -0.15) is 0 Å². The Morgan fingerprint density at radius 2 is 2.00 bits per heavy atom. The van der Waals surface area contributed by atoms with Gasteiger partial charge in [0.25, 0.3) is 0 Å². The van der Waals surface area contributed by atoms with Crippen LogP contribution in [-0.4, -0.2) is 13.2 Å². The minimum Gasteiger partial charge on any atom is -0.453 e. The van der Waals surface area contributed by atoms with Crippen LogP contribution in [0.3, 0.4) is 0 Å². The summed E-state index contributed by atoms with van der Waals surface area (Å²) in [6.45, 7) is 1.92. The number of rotatable bonds is 2. The maximum Gasteiger partial charge on any atom is 0.410 e. The van der Waals surface area contributed by atoms with Gasteiger partial charge in [-0.3, -0.25) is 5.32 Å². The van der Waals surface area contributed by atoms with Crippen molar-refractivity contribution in [3.05, 3.63) is 42.1 Å². The van der Waals surface area contributed by atoms with Gasteiger partial charge in [-0.1, -0.05) is 30.3 Å². The van der Waals surface area contributed by atoms with Gasteiger partial charge >= 0.3 is 6.09 Å². The van der Waals surface area contributed by atoms with E-state index in [1.807, 2.05) is 37.3 Å². The summed E-state index contributed by atoms with van der Waals surface area (Å²) in [5.41, 5.74) is 2.06. The molecule has 0 aliphatic heterocycles.